The molecule has 1 amide bonds. The third kappa shape index (κ3) is 3.52. The average molecular weight is 498 g/mol. The van der Waals surface area contributed by atoms with Crippen LogP contribution in [0.4, 0.5) is 5.69 Å². The number of anilines is 1. The number of rotatable bonds is 5. The first-order valence-electron chi connectivity index (χ1n) is 10.7. The number of nitrogens with zero attached hydrogens (tertiary/aromatic N) is 2. The fourth-order valence-corrected chi connectivity index (χ4v) is 5.65. The number of halogens is 2. The molecule has 7 nitrogen and oxygen atoms in total. The second kappa shape index (κ2) is 8.58. The van der Waals surface area contributed by atoms with Crippen LogP contribution in [0.1, 0.15) is 22.6 Å². The first-order chi connectivity index (χ1) is 16.3. The number of benzene rings is 3. The van der Waals surface area contributed by atoms with Crippen LogP contribution in [-0.2, 0) is 16.9 Å². The van der Waals surface area contributed by atoms with Gasteiger partial charge in [-0.3, -0.25) is 19.8 Å². The number of nitrogens with one attached hydrogen (secondary N) is 1. The normalized spacial score (nSPS) is 23.7. The van der Waals surface area contributed by atoms with Crippen LogP contribution >= 0.6 is 23.2 Å². The second-order valence-corrected chi connectivity index (χ2v) is 9.42. The lowest BCUT2D eigenvalue weighted by Crippen LogP contribution is -2.54. The number of likely N-dealkylation sites (N-methyl/N-ethyl adjacent to an activating group) is 1. The SMILES string of the molecule is CN1C[C@H](c2ccc(OCc3ccc(Cl)cc3Cl)cc2)[C@@H]([N+](=O)[O-])[C@]12C(=O)Nc1ccccc12. The lowest BCUT2D eigenvalue weighted by molar-refractivity contribution is -0.534. The van der Waals surface area contributed by atoms with Crippen LogP contribution in [0.3, 0.4) is 0 Å². The van der Waals surface area contributed by atoms with E-state index in [2.05, 4.69) is 5.32 Å². The van der Waals surface area contributed by atoms with Gasteiger partial charge in [0.05, 0.1) is 5.92 Å². The van der Waals surface area contributed by atoms with Crippen molar-refractivity contribution >= 4 is 34.8 Å². The van der Waals surface area contributed by atoms with Gasteiger partial charge in [-0.2, -0.15) is 0 Å². The molecular formula is C25H21Cl2N3O4. The first kappa shape index (κ1) is 22.7. The van der Waals surface area contributed by atoms with Crippen LogP contribution in [-0.4, -0.2) is 35.4 Å². The molecule has 1 saturated heterocycles. The Hall–Kier alpha value is -3.13. The van der Waals surface area contributed by atoms with Gasteiger partial charge in [0.1, 0.15) is 12.4 Å². The predicted molar refractivity (Wildman–Crippen MR) is 130 cm³/mol. The van der Waals surface area contributed by atoms with E-state index in [-0.39, 0.29) is 17.4 Å². The standard InChI is InChI=1S/C25H21Cl2N3O4/c1-29-13-19(23(30(32)33)25(29)20-4-2-3-5-22(20)28-24(25)31)15-7-10-18(11-8-15)34-14-16-6-9-17(26)12-21(16)27/h2-12,19,23H,13-14H2,1H3,(H,28,31)/t19-,23-,25-/m1/s1. The van der Waals surface area contributed by atoms with Crippen molar-refractivity contribution in [3.8, 4) is 5.75 Å². The smallest absolute Gasteiger partial charge is 0.256 e. The molecule has 0 unspecified atom stereocenters. The average Bonchev–Trinajstić information content (AvgIpc) is 3.29. The molecule has 1 fully saturated rings. The van der Waals surface area contributed by atoms with Crippen molar-refractivity contribution in [1.82, 2.24) is 4.90 Å². The third-order valence-electron chi connectivity index (χ3n) is 6.76. The maximum atomic E-state index is 13.2. The van der Waals surface area contributed by atoms with Crippen molar-refractivity contribution in [1.29, 1.82) is 0 Å². The number of fused-ring (bicyclic) bond motifs is 2. The van der Waals surface area contributed by atoms with E-state index in [1.54, 1.807) is 60.5 Å². The summed E-state index contributed by atoms with van der Waals surface area (Å²) in [4.78, 5) is 27.1. The zero-order chi connectivity index (χ0) is 24.0. The molecule has 0 aliphatic carbocycles. The van der Waals surface area contributed by atoms with Crippen molar-refractivity contribution in [2.75, 3.05) is 18.9 Å². The molecule has 9 heteroatoms. The molecule has 2 heterocycles. The molecule has 3 atom stereocenters. The van der Waals surface area contributed by atoms with Gasteiger partial charge in [-0.25, -0.2) is 0 Å². The fraction of sp³-hybridized carbons (Fsp3) is 0.240. The van der Waals surface area contributed by atoms with Crippen molar-refractivity contribution in [3.63, 3.8) is 0 Å². The number of ether oxygens (including phenoxy) is 1. The highest BCUT2D eigenvalue weighted by molar-refractivity contribution is 6.35. The van der Waals surface area contributed by atoms with Crippen molar-refractivity contribution in [2.24, 2.45) is 0 Å². The van der Waals surface area contributed by atoms with Crippen LogP contribution < -0.4 is 10.1 Å². The van der Waals surface area contributed by atoms with Gasteiger partial charge >= 0.3 is 0 Å². The fourth-order valence-electron chi connectivity index (χ4n) is 5.19. The van der Waals surface area contributed by atoms with E-state index >= 15 is 0 Å². The maximum Gasteiger partial charge on any atom is 0.256 e. The van der Waals surface area contributed by atoms with E-state index in [4.69, 9.17) is 27.9 Å². The minimum Gasteiger partial charge on any atom is -0.489 e. The van der Waals surface area contributed by atoms with Crippen LogP contribution in [0.5, 0.6) is 5.75 Å². The number of hydrogen-bond acceptors (Lipinski definition) is 5. The van der Waals surface area contributed by atoms with Gasteiger partial charge < -0.3 is 10.1 Å². The number of hydrogen-bond donors (Lipinski definition) is 1. The number of para-hydroxylation sites is 1. The van der Waals surface area contributed by atoms with E-state index in [1.807, 2.05) is 18.2 Å². The lowest BCUT2D eigenvalue weighted by atomic mass is 9.79. The van der Waals surface area contributed by atoms with Crippen LogP contribution in [0.2, 0.25) is 10.0 Å². The highest BCUT2D eigenvalue weighted by atomic mass is 35.5. The number of likely N-dealkylation sites (tertiary alicyclic amines) is 1. The summed E-state index contributed by atoms with van der Waals surface area (Å²) in [5, 5.41) is 16.3. The number of nitro groups is 1. The van der Waals surface area contributed by atoms with Crippen molar-refractivity contribution in [3.05, 3.63) is 104 Å². The molecule has 3 aromatic rings. The van der Waals surface area contributed by atoms with Gasteiger partial charge in [0.25, 0.3) is 11.9 Å². The van der Waals surface area contributed by atoms with Gasteiger partial charge in [0.2, 0.25) is 0 Å². The van der Waals surface area contributed by atoms with E-state index < -0.39 is 17.5 Å². The molecule has 174 valence electrons. The zero-order valence-electron chi connectivity index (χ0n) is 18.2. The highest BCUT2D eigenvalue weighted by Crippen LogP contribution is 2.52. The van der Waals surface area contributed by atoms with Crippen LogP contribution in [0.25, 0.3) is 0 Å². The van der Waals surface area contributed by atoms with Gasteiger partial charge in [-0.15, -0.1) is 0 Å². The Balaban J connectivity index is 1.42. The van der Waals surface area contributed by atoms with Crippen molar-refractivity contribution < 1.29 is 14.5 Å². The van der Waals surface area contributed by atoms with E-state index in [1.165, 1.54) is 0 Å². The molecule has 1 spiro atoms. The zero-order valence-corrected chi connectivity index (χ0v) is 19.7. The molecule has 1 N–H and O–H groups in total. The molecular weight excluding hydrogens is 477 g/mol. The van der Waals surface area contributed by atoms with Gasteiger partial charge in [0.15, 0.2) is 5.54 Å². The van der Waals surface area contributed by atoms with Crippen LogP contribution in [0, 0.1) is 10.1 Å². The molecule has 5 rings (SSSR count). The largest absolute Gasteiger partial charge is 0.489 e. The Morgan fingerprint density at radius 3 is 2.59 bits per heavy atom. The molecule has 0 saturated carbocycles. The Bertz CT molecular complexity index is 1280. The Kier molecular flexibility index (Phi) is 5.72. The Labute approximate surface area is 206 Å². The summed E-state index contributed by atoms with van der Waals surface area (Å²) in [5.74, 6) is -0.227. The second-order valence-electron chi connectivity index (χ2n) is 8.58. The lowest BCUT2D eigenvalue weighted by Gasteiger charge is -2.30. The number of carbonyl (C=O) groups excluding carboxylic acids is 1. The van der Waals surface area contributed by atoms with E-state index in [0.29, 0.717) is 33.6 Å². The van der Waals surface area contributed by atoms with E-state index in [9.17, 15) is 14.9 Å². The highest BCUT2D eigenvalue weighted by Gasteiger charge is 2.68. The molecule has 0 bridgehead atoms. The molecule has 0 radical (unpaired) electrons. The molecule has 3 aromatic carbocycles. The topological polar surface area (TPSA) is 84.7 Å². The maximum absolute atomic E-state index is 13.2. The Morgan fingerprint density at radius 2 is 1.88 bits per heavy atom. The third-order valence-corrected chi connectivity index (χ3v) is 7.35. The summed E-state index contributed by atoms with van der Waals surface area (Å²) in [5.41, 5.74) is 1.49. The number of carbonyl (C=O) groups is 1. The summed E-state index contributed by atoms with van der Waals surface area (Å²) in [6.07, 6.45) is 0. The minimum atomic E-state index is -1.36. The summed E-state index contributed by atoms with van der Waals surface area (Å²) in [6, 6.07) is 18.5. The molecule has 34 heavy (non-hydrogen) atoms. The van der Waals surface area contributed by atoms with Gasteiger partial charge in [-0.1, -0.05) is 59.6 Å². The Morgan fingerprint density at radius 1 is 1.15 bits per heavy atom. The summed E-state index contributed by atoms with van der Waals surface area (Å²) in [7, 11) is 1.77. The summed E-state index contributed by atoms with van der Waals surface area (Å²) in [6.45, 7) is 0.632. The minimum absolute atomic E-state index is 0.263. The predicted octanol–water partition coefficient (Wildman–Crippen LogP) is 5.09. The van der Waals surface area contributed by atoms with Gasteiger partial charge in [0, 0.05) is 38.3 Å². The first-order valence-corrected chi connectivity index (χ1v) is 11.5. The van der Waals surface area contributed by atoms with Crippen molar-refractivity contribution in [2.45, 2.75) is 24.1 Å². The molecule has 2 aliphatic rings. The number of amides is 1. The summed E-state index contributed by atoms with van der Waals surface area (Å²) >= 11 is 12.1. The van der Waals surface area contributed by atoms with E-state index in [0.717, 1.165) is 11.1 Å². The van der Waals surface area contributed by atoms with Gasteiger partial charge in [-0.05, 0) is 42.9 Å². The molecule has 2 aliphatic heterocycles. The monoisotopic (exact) mass is 497 g/mol. The quantitative estimate of drug-likeness (QED) is 0.391. The summed E-state index contributed by atoms with van der Waals surface area (Å²) < 4.78 is 5.85. The molecule has 0 aromatic heterocycles. The van der Waals surface area contributed by atoms with Crippen LogP contribution in [0.15, 0.2) is 66.7 Å².